The Morgan fingerprint density at radius 1 is 0.952 bits per heavy atom. The summed E-state index contributed by atoms with van der Waals surface area (Å²) in [5.41, 5.74) is 2.60. The molecule has 0 saturated heterocycles. The number of aromatic nitrogens is 1. The maximum absolute atomic E-state index is 12.7. The maximum Gasteiger partial charge on any atom is 0.195 e. The molecule has 0 aliphatic carbocycles. The summed E-state index contributed by atoms with van der Waals surface area (Å²) >= 11 is 0. The third kappa shape index (κ3) is 2.57. The molecular weight excluding hydrogens is 258 g/mol. The van der Waals surface area contributed by atoms with Crippen LogP contribution in [0.2, 0.25) is 0 Å². The van der Waals surface area contributed by atoms with Crippen molar-refractivity contribution in [2.45, 2.75) is 19.8 Å². The van der Waals surface area contributed by atoms with Crippen molar-refractivity contribution < 1.29 is 4.79 Å². The molecule has 0 unspecified atom stereocenters. The number of nitrogens with zero attached hydrogens (tertiary/aromatic N) is 1. The van der Waals surface area contributed by atoms with Crippen molar-refractivity contribution in [1.29, 1.82) is 0 Å². The Labute approximate surface area is 124 Å². The van der Waals surface area contributed by atoms with E-state index in [1.54, 1.807) is 12.4 Å². The molecule has 104 valence electrons. The summed E-state index contributed by atoms with van der Waals surface area (Å²) in [5, 5.41) is 1.94. The highest BCUT2D eigenvalue weighted by Crippen LogP contribution is 2.21. The lowest BCUT2D eigenvalue weighted by Crippen LogP contribution is -2.03. The van der Waals surface area contributed by atoms with Crippen LogP contribution in [0, 0.1) is 0 Å². The number of pyridine rings is 1. The van der Waals surface area contributed by atoms with Crippen molar-refractivity contribution >= 4 is 16.6 Å². The summed E-state index contributed by atoms with van der Waals surface area (Å²) in [7, 11) is 0. The molecular formula is C19H17NO. The largest absolute Gasteiger partial charge is 0.289 e. The van der Waals surface area contributed by atoms with E-state index in [1.807, 2.05) is 48.5 Å². The van der Waals surface area contributed by atoms with E-state index in [-0.39, 0.29) is 5.78 Å². The van der Waals surface area contributed by atoms with E-state index in [2.05, 4.69) is 18.8 Å². The van der Waals surface area contributed by atoms with Gasteiger partial charge >= 0.3 is 0 Å². The molecule has 0 bridgehead atoms. The normalized spacial score (nSPS) is 11.0. The fourth-order valence-electron chi connectivity index (χ4n) is 2.47. The molecule has 0 amide bonds. The highest BCUT2D eigenvalue weighted by atomic mass is 16.1. The summed E-state index contributed by atoms with van der Waals surface area (Å²) < 4.78 is 0. The Balaban J connectivity index is 2.04. The Hall–Kier alpha value is -2.48. The minimum Gasteiger partial charge on any atom is -0.289 e. The Morgan fingerprint density at radius 2 is 1.67 bits per heavy atom. The first-order valence-corrected chi connectivity index (χ1v) is 7.14. The molecule has 0 aliphatic rings. The fourth-order valence-corrected chi connectivity index (χ4v) is 2.47. The van der Waals surface area contributed by atoms with Gasteiger partial charge in [-0.3, -0.25) is 9.78 Å². The molecule has 3 aromatic rings. The predicted molar refractivity (Wildman–Crippen MR) is 85.7 cm³/mol. The van der Waals surface area contributed by atoms with Crippen LogP contribution in [0.25, 0.3) is 10.8 Å². The number of carbonyl (C=O) groups excluding carboxylic acids is 1. The quantitative estimate of drug-likeness (QED) is 0.654. The highest BCUT2D eigenvalue weighted by molar-refractivity contribution is 6.16. The first-order chi connectivity index (χ1) is 10.2. The molecule has 0 saturated carbocycles. The van der Waals surface area contributed by atoms with Crippen LogP contribution in [0.5, 0.6) is 0 Å². The van der Waals surface area contributed by atoms with Gasteiger partial charge in [-0.15, -0.1) is 0 Å². The number of fused-ring (bicyclic) bond motifs is 1. The molecule has 21 heavy (non-hydrogen) atoms. The van der Waals surface area contributed by atoms with E-state index in [9.17, 15) is 4.79 Å². The standard InChI is InChI=1S/C19H17NO/c1-13(2)14-7-9-15(10-8-14)19(21)18-12-20-11-16-5-3-4-6-17(16)18/h3-13H,1-2H3. The van der Waals surface area contributed by atoms with Gasteiger partial charge < -0.3 is 0 Å². The molecule has 2 nitrogen and oxygen atoms in total. The zero-order chi connectivity index (χ0) is 14.8. The molecule has 0 spiro atoms. The Morgan fingerprint density at radius 3 is 2.38 bits per heavy atom. The van der Waals surface area contributed by atoms with E-state index >= 15 is 0 Å². The molecule has 2 heteroatoms. The smallest absolute Gasteiger partial charge is 0.195 e. The van der Waals surface area contributed by atoms with Crippen LogP contribution in [0.15, 0.2) is 60.9 Å². The van der Waals surface area contributed by atoms with Crippen LogP contribution in [0.1, 0.15) is 41.3 Å². The van der Waals surface area contributed by atoms with E-state index in [0.717, 1.165) is 10.8 Å². The van der Waals surface area contributed by atoms with Gasteiger partial charge in [-0.1, -0.05) is 62.4 Å². The first kappa shape index (κ1) is 13.5. The average molecular weight is 275 g/mol. The minimum atomic E-state index is 0.0228. The van der Waals surface area contributed by atoms with Gasteiger partial charge in [0.05, 0.1) is 0 Å². The van der Waals surface area contributed by atoms with Crippen LogP contribution >= 0.6 is 0 Å². The van der Waals surface area contributed by atoms with E-state index < -0.39 is 0 Å². The molecule has 3 rings (SSSR count). The molecule has 0 atom stereocenters. The Bertz CT molecular complexity index is 783. The van der Waals surface area contributed by atoms with Crippen molar-refractivity contribution in [3.05, 3.63) is 77.6 Å². The first-order valence-electron chi connectivity index (χ1n) is 7.14. The lowest BCUT2D eigenvalue weighted by molar-refractivity contribution is 0.104. The molecule has 0 radical (unpaired) electrons. The summed E-state index contributed by atoms with van der Waals surface area (Å²) in [4.78, 5) is 16.9. The van der Waals surface area contributed by atoms with Crippen LogP contribution in [0.3, 0.4) is 0 Å². The minimum absolute atomic E-state index is 0.0228. The number of hydrogen-bond donors (Lipinski definition) is 0. The van der Waals surface area contributed by atoms with Gasteiger partial charge in [0, 0.05) is 28.9 Å². The molecule has 0 fully saturated rings. The van der Waals surface area contributed by atoms with Crippen molar-refractivity contribution in [1.82, 2.24) is 4.98 Å². The number of ketones is 1. The van der Waals surface area contributed by atoms with Crippen molar-refractivity contribution in [2.75, 3.05) is 0 Å². The van der Waals surface area contributed by atoms with E-state index in [4.69, 9.17) is 0 Å². The average Bonchev–Trinajstić information content (AvgIpc) is 2.53. The monoisotopic (exact) mass is 275 g/mol. The van der Waals surface area contributed by atoms with Crippen molar-refractivity contribution in [2.24, 2.45) is 0 Å². The van der Waals surface area contributed by atoms with Crippen LogP contribution in [-0.2, 0) is 0 Å². The third-order valence-electron chi connectivity index (χ3n) is 3.75. The second kappa shape index (κ2) is 5.49. The molecule has 0 aliphatic heterocycles. The zero-order valence-corrected chi connectivity index (χ0v) is 12.2. The van der Waals surface area contributed by atoms with Gasteiger partial charge in [-0.05, 0) is 16.9 Å². The van der Waals surface area contributed by atoms with Crippen LogP contribution in [-0.4, -0.2) is 10.8 Å². The van der Waals surface area contributed by atoms with Gasteiger partial charge in [0.15, 0.2) is 5.78 Å². The van der Waals surface area contributed by atoms with E-state index in [1.165, 1.54) is 5.56 Å². The second-order valence-electron chi connectivity index (χ2n) is 5.51. The number of rotatable bonds is 3. The Kier molecular flexibility index (Phi) is 3.53. The van der Waals surface area contributed by atoms with Crippen LogP contribution < -0.4 is 0 Å². The summed E-state index contributed by atoms with van der Waals surface area (Å²) in [5.74, 6) is 0.489. The summed E-state index contributed by atoms with van der Waals surface area (Å²) in [6.45, 7) is 4.29. The van der Waals surface area contributed by atoms with Gasteiger partial charge in [-0.25, -0.2) is 0 Å². The summed E-state index contributed by atoms with van der Waals surface area (Å²) in [6.07, 6.45) is 3.44. The zero-order valence-electron chi connectivity index (χ0n) is 12.2. The molecule has 2 aromatic carbocycles. The second-order valence-corrected chi connectivity index (χ2v) is 5.51. The highest BCUT2D eigenvalue weighted by Gasteiger charge is 2.13. The van der Waals surface area contributed by atoms with E-state index in [0.29, 0.717) is 17.0 Å². The number of benzene rings is 2. The fraction of sp³-hybridized carbons (Fsp3) is 0.158. The number of carbonyl (C=O) groups is 1. The predicted octanol–water partition coefficient (Wildman–Crippen LogP) is 4.59. The van der Waals surface area contributed by atoms with Crippen LogP contribution in [0.4, 0.5) is 0 Å². The third-order valence-corrected chi connectivity index (χ3v) is 3.75. The lowest BCUT2D eigenvalue weighted by Gasteiger charge is -2.08. The lowest BCUT2D eigenvalue weighted by atomic mass is 9.96. The number of hydrogen-bond acceptors (Lipinski definition) is 2. The van der Waals surface area contributed by atoms with Gasteiger partial charge in [0.25, 0.3) is 0 Å². The molecule has 0 N–H and O–H groups in total. The maximum atomic E-state index is 12.7. The van der Waals surface area contributed by atoms with Gasteiger partial charge in [0.2, 0.25) is 0 Å². The van der Waals surface area contributed by atoms with Crippen molar-refractivity contribution in [3.63, 3.8) is 0 Å². The SMILES string of the molecule is CC(C)c1ccc(C(=O)c2cncc3ccccc23)cc1. The molecule has 1 heterocycles. The summed E-state index contributed by atoms with van der Waals surface area (Å²) in [6, 6.07) is 15.7. The molecule has 1 aromatic heterocycles. The van der Waals surface area contributed by atoms with Crippen molar-refractivity contribution in [3.8, 4) is 0 Å². The van der Waals surface area contributed by atoms with Gasteiger partial charge in [-0.2, -0.15) is 0 Å². The van der Waals surface area contributed by atoms with Gasteiger partial charge in [0.1, 0.15) is 0 Å². The topological polar surface area (TPSA) is 30.0 Å².